The molecule has 2 atom stereocenters. The maximum Gasteiger partial charge on any atom is 0.231 e. The monoisotopic (exact) mass is 458 g/mol. The molecule has 4 nitrogen and oxygen atoms in total. The second kappa shape index (κ2) is 6.19. The zero-order valence-electron chi connectivity index (χ0n) is 13.8. The fourth-order valence-electron chi connectivity index (χ4n) is 2.73. The van der Waals surface area contributed by atoms with Crippen LogP contribution in [0, 0.1) is 5.82 Å². The van der Waals surface area contributed by atoms with Gasteiger partial charge in [-0.25, -0.2) is 13.8 Å². The highest BCUT2D eigenvalue weighted by Gasteiger charge is 2.45. The predicted octanol–water partition coefficient (Wildman–Crippen LogP) is 3.64. The molecule has 1 aromatic heterocycles. The van der Waals surface area contributed by atoms with Crippen LogP contribution in [0.15, 0.2) is 30.3 Å². The van der Waals surface area contributed by atoms with Crippen molar-refractivity contribution in [3.8, 4) is 17.0 Å². The van der Waals surface area contributed by atoms with E-state index >= 15 is 0 Å². The Labute approximate surface area is 157 Å². The van der Waals surface area contributed by atoms with Crippen LogP contribution in [-0.4, -0.2) is 21.9 Å². The number of hydrogen-bond acceptors (Lipinski definition) is 3. The van der Waals surface area contributed by atoms with Gasteiger partial charge in [0.05, 0.1) is 5.69 Å². The first kappa shape index (κ1) is 18.0. The van der Waals surface area contributed by atoms with Crippen molar-refractivity contribution in [3.63, 3.8) is 0 Å². The molecule has 7 heteroatoms. The Morgan fingerprint density at radius 3 is 2.64 bits per heavy atom. The number of ether oxygens (including phenoxy) is 1. The Morgan fingerprint density at radius 1 is 1.44 bits per heavy atom. The van der Waals surface area contributed by atoms with Gasteiger partial charge in [-0.05, 0) is 44.2 Å². The highest BCUT2D eigenvalue weighted by atomic mass is 127. The van der Waals surface area contributed by atoms with Gasteiger partial charge in [-0.3, -0.25) is 4.79 Å². The quantitative estimate of drug-likeness (QED) is 0.562. The highest BCUT2D eigenvalue weighted by Crippen LogP contribution is 2.46. The number of aromatic nitrogens is 1. The normalized spacial score (nSPS) is 21.3. The summed E-state index contributed by atoms with van der Waals surface area (Å²) < 4.78 is 34.1. The van der Waals surface area contributed by atoms with Gasteiger partial charge in [-0.2, -0.15) is 0 Å². The molecular weight excluding hydrogens is 441 g/mol. The number of fused-ring (bicyclic) bond motifs is 1. The van der Waals surface area contributed by atoms with E-state index < -0.39 is 17.0 Å². The first-order valence-electron chi connectivity index (χ1n) is 7.68. The number of halogens is 3. The van der Waals surface area contributed by atoms with Gasteiger partial charge in [0.25, 0.3) is 0 Å². The molecular formula is C18H17F2IN2O2. The van der Waals surface area contributed by atoms with Gasteiger partial charge in [0.2, 0.25) is 5.91 Å². The molecule has 0 radical (unpaired) electrons. The Morgan fingerprint density at radius 2 is 2.08 bits per heavy atom. The van der Waals surface area contributed by atoms with E-state index in [1.165, 1.54) is 19.1 Å². The number of nitrogens with two attached hydrogens (primary N) is 1. The summed E-state index contributed by atoms with van der Waals surface area (Å²) in [5.41, 5.74) is 4.47. The summed E-state index contributed by atoms with van der Waals surface area (Å²) in [6.45, 7) is 3.16. The second-order valence-corrected chi connectivity index (χ2v) is 7.32. The Balaban J connectivity index is 2.29. The molecule has 2 aromatic rings. The Hall–Kier alpha value is -1.77. The van der Waals surface area contributed by atoms with Crippen molar-refractivity contribution in [3.05, 3.63) is 47.4 Å². The molecule has 0 unspecified atom stereocenters. The molecule has 1 amide bonds. The lowest BCUT2D eigenvalue weighted by Gasteiger charge is -2.22. The molecule has 2 heterocycles. The molecule has 0 saturated carbocycles. The van der Waals surface area contributed by atoms with E-state index in [4.69, 9.17) is 10.5 Å². The Kier molecular flexibility index (Phi) is 4.47. The van der Waals surface area contributed by atoms with Gasteiger partial charge in [0, 0.05) is 15.6 Å². The van der Waals surface area contributed by atoms with Gasteiger partial charge in [0.15, 0.2) is 5.67 Å². The minimum Gasteiger partial charge on any atom is -0.489 e. The molecule has 0 saturated heterocycles. The van der Waals surface area contributed by atoms with Crippen molar-refractivity contribution >= 4 is 28.5 Å². The van der Waals surface area contributed by atoms with E-state index in [1.54, 1.807) is 25.1 Å². The maximum atomic E-state index is 14.9. The smallest absolute Gasteiger partial charge is 0.231 e. The van der Waals surface area contributed by atoms with Gasteiger partial charge >= 0.3 is 0 Å². The summed E-state index contributed by atoms with van der Waals surface area (Å²) in [7, 11) is 0. The lowest BCUT2D eigenvalue weighted by Crippen LogP contribution is -2.40. The van der Waals surface area contributed by atoms with Gasteiger partial charge in [-0.15, -0.1) is 0 Å². The van der Waals surface area contributed by atoms with E-state index in [0.717, 1.165) is 0 Å². The number of pyridine rings is 1. The molecule has 25 heavy (non-hydrogen) atoms. The van der Waals surface area contributed by atoms with Crippen LogP contribution in [0.2, 0.25) is 0 Å². The zero-order chi connectivity index (χ0) is 18.4. The molecule has 1 aromatic carbocycles. The zero-order valence-corrected chi connectivity index (χ0v) is 15.9. The summed E-state index contributed by atoms with van der Waals surface area (Å²) in [5, 5.41) is 0. The first-order valence-corrected chi connectivity index (χ1v) is 9.21. The summed E-state index contributed by atoms with van der Waals surface area (Å²) in [5.74, 6) is -0.550. The predicted molar refractivity (Wildman–Crippen MR) is 99.0 cm³/mol. The van der Waals surface area contributed by atoms with E-state index in [-0.39, 0.29) is 22.5 Å². The van der Waals surface area contributed by atoms with Crippen molar-refractivity contribution in [2.45, 2.75) is 24.9 Å². The van der Waals surface area contributed by atoms with E-state index in [9.17, 15) is 13.6 Å². The third-order valence-corrected chi connectivity index (χ3v) is 5.95. The highest BCUT2D eigenvalue weighted by molar-refractivity contribution is 14.1. The second-order valence-electron chi connectivity index (χ2n) is 6.56. The number of nitrogens with zero attached hydrogens (tertiary/aromatic N) is 1. The van der Waals surface area contributed by atoms with Crippen molar-refractivity contribution in [2.75, 3.05) is 11.0 Å². The lowest BCUT2D eigenvalue weighted by atomic mass is 9.82. The summed E-state index contributed by atoms with van der Waals surface area (Å²) in [6.07, 6.45) is 0. The molecule has 132 valence electrons. The van der Waals surface area contributed by atoms with Crippen molar-refractivity contribution in [2.24, 2.45) is 5.73 Å². The maximum absolute atomic E-state index is 14.9. The third-order valence-electron chi connectivity index (χ3n) is 4.52. The van der Waals surface area contributed by atoms with Crippen molar-refractivity contribution in [1.82, 2.24) is 4.98 Å². The number of rotatable bonds is 4. The number of benzene rings is 1. The van der Waals surface area contributed by atoms with Crippen LogP contribution in [0.25, 0.3) is 11.3 Å². The van der Waals surface area contributed by atoms with Crippen LogP contribution in [0.3, 0.4) is 0 Å². The molecule has 1 aliphatic rings. The van der Waals surface area contributed by atoms with Crippen LogP contribution >= 0.6 is 22.6 Å². The minimum absolute atomic E-state index is 0.0598. The number of alkyl halides is 2. The van der Waals surface area contributed by atoms with Gasteiger partial charge < -0.3 is 10.5 Å². The fourth-order valence-corrected chi connectivity index (χ4v) is 3.12. The number of primary amides is 1. The fraction of sp³-hybridized carbons (Fsp3) is 0.333. The third kappa shape index (κ3) is 2.98. The van der Waals surface area contributed by atoms with E-state index in [1.807, 2.05) is 22.6 Å². The van der Waals surface area contributed by atoms with E-state index in [0.29, 0.717) is 22.6 Å². The lowest BCUT2D eigenvalue weighted by molar-refractivity contribution is -0.123. The van der Waals surface area contributed by atoms with Crippen LogP contribution in [0.5, 0.6) is 5.75 Å². The standard InChI is InChI=1S/C18H17F2IN2O2/c1-17(16(22)24)9-25-15-12(17)7-13(18(2,20)8-21)23-14(15)10-3-5-11(19)6-4-10/h3-7H,8-9H2,1-2H3,(H2,22,24)/t17-,18-/m0/s1. The van der Waals surface area contributed by atoms with Crippen molar-refractivity contribution in [1.29, 1.82) is 0 Å². The molecule has 3 rings (SSSR count). The van der Waals surface area contributed by atoms with Crippen molar-refractivity contribution < 1.29 is 18.3 Å². The SMILES string of the molecule is C[C@](F)(CI)c1cc2c(c(-c3ccc(F)cc3)n1)OC[C@]2(C)C(N)=O. The number of carbonyl (C=O) groups is 1. The molecule has 2 N–H and O–H groups in total. The summed E-state index contributed by atoms with van der Waals surface area (Å²) >= 11 is 1.95. The summed E-state index contributed by atoms with van der Waals surface area (Å²) in [4.78, 5) is 16.4. The Bertz CT molecular complexity index is 840. The number of amides is 1. The molecule has 0 spiro atoms. The number of hydrogen-bond donors (Lipinski definition) is 1. The largest absolute Gasteiger partial charge is 0.489 e. The molecule has 0 aliphatic carbocycles. The molecule has 0 fully saturated rings. The summed E-state index contributed by atoms with van der Waals surface area (Å²) in [6, 6.07) is 7.24. The molecule has 0 bridgehead atoms. The van der Waals surface area contributed by atoms with Crippen LogP contribution in [-0.2, 0) is 15.9 Å². The molecule has 1 aliphatic heterocycles. The van der Waals surface area contributed by atoms with Gasteiger partial charge in [0.1, 0.15) is 29.3 Å². The van der Waals surface area contributed by atoms with Gasteiger partial charge in [-0.1, -0.05) is 22.6 Å². The van der Waals surface area contributed by atoms with Crippen LogP contribution < -0.4 is 10.5 Å². The number of carbonyl (C=O) groups excluding carboxylic acids is 1. The minimum atomic E-state index is -1.69. The first-order chi connectivity index (χ1) is 11.7. The average molecular weight is 458 g/mol. The van der Waals surface area contributed by atoms with E-state index in [2.05, 4.69) is 4.98 Å². The van der Waals surface area contributed by atoms with Crippen LogP contribution in [0.4, 0.5) is 8.78 Å². The van der Waals surface area contributed by atoms with Crippen LogP contribution in [0.1, 0.15) is 25.1 Å². The average Bonchev–Trinajstić information content (AvgIpc) is 2.93. The topological polar surface area (TPSA) is 65.2 Å².